The van der Waals surface area contributed by atoms with Crippen LogP contribution in [0.25, 0.3) is 10.2 Å². The Bertz CT molecular complexity index is 1120. The van der Waals surface area contributed by atoms with Gasteiger partial charge in [0.15, 0.2) is 4.80 Å². The highest BCUT2D eigenvalue weighted by atomic mass is 32.1. The van der Waals surface area contributed by atoms with Crippen molar-refractivity contribution in [3.05, 3.63) is 70.5 Å². The first-order chi connectivity index (χ1) is 12.9. The van der Waals surface area contributed by atoms with E-state index in [1.807, 2.05) is 48.7 Å². The van der Waals surface area contributed by atoms with Gasteiger partial charge in [0.1, 0.15) is 0 Å². The van der Waals surface area contributed by atoms with Crippen LogP contribution in [0.15, 0.2) is 54.0 Å². The molecule has 3 rings (SSSR count). The molecule has 0 atom stereocenters. The van der Waals surface area contributed by atoms with Crippen molar-refractivity contribution in [3.8, 4) is 0 Å². The Kier molecular flexibility index (Phi) is 5.37. The lowest BCUT2D eigenvalue weighted by molar-refractivity contribution is -0.114. The van der Waals surface area contributed by atoms with E-state index in [0.717, 1.165) is 21.3 Å². The Morgan fingerprint density at radius 1 is 1.19 bits per heavy atom. The number of rotatable bonds is 4. The molecular formula is C21H21N3O2S. The molecule has 27 heavy (non-hydrogen) atoms. The van der Waals surface area contributed by atoms with Crippen molar-refractivity contribution in [3.63, 3.8) is 0 Å². The molecule has 1 N–H and O–H groups in total. The lowest BCUT2D eigenvalue weighted by Gasteiger charge is -2.04. The summed E-state index contributed by atoms with van der Waals surface area (Å²) in [6.07, 6.45) is 1.77. The van der Waals surface area contributed by atoms with Gasteiger partial charge in [-0.15, -0.1) is 6.58 Å². The molecule has 6 heteroatoms. The van der Waals surface area contributed by atoms with Crippen LogP contribution in [0.4, 0.5) is 5.69 Å². The van der Waals surface area contributed by atoms with Crippen LogP contribution in [0, 0.1) is 13.8 Å². The average molecular weight is 379 g/mol. The summed E-state index contributed by atoms with van der Waals surface area (Å²) in [6.45, 7) is 9.80. The molecule has 2 amide bonds. The van der Waals surface area contributed by atoms with Crippen molar-refractivity contribution in [2.75, 3.05) is 5.32 Å². The number of thiazole rings is 1. The van der Waals surface area contributed by atoms with E-state index >= 15 is 0 Å². The molecule has 0 aliphatic rings. The number of aryl methyl sites for hydroxylation is 2. The number of fused-ring (bicyclic) bond motifs is 1. The van der Waals surface area contributed by atoms with Crippen LogP contribution in [0.3, 0.4) is 0 Å². The normalized spacial score (nSPS) is 11.6. The zero-order chi connectivity index (χ0) is 19.6. The fourth-order valence-electron chi connectivity index (χ4n) is 2.77. The van der Waals surface area contributed by atoms with Crippen LogP contribution in [0.2, 0.25) is 0 Å². The van der Waals surface area contributed by atoms with Crippen LogP contribution in [-0.4, -0.2) is 16.4 Å². The molecule has 0 fully saturated rings. The molecule has 0 aliphatic heterocycles. The van der Waals surface area contributed by atoms with Gasteiger partial charge < -0.3 is 9.88 Å². The molecule has 3 aromatic rings. The second kappa shape index (κ2) is 7.72. The minimum Gasteiger partial charge on any atom is -0.326 e. The van der Waals surface area contributed by atoms with Crippen LogP contribution in [-0.2, 0) is 11.3 Å². The van der Waals surface area contributed by atoms with Gasteiger partial charge in [-0.3, -0.25) is 9.59 Å². The van der Waals surface area contributed by atoms with Crippen molar-refractivity contribution in [1.82, 2.24) is 4.57 Å². The fraction of sp³-hybridized carbons (Fsp3) is 0.190. The SMILES string of the molecule is C=CCn1c(=NC(=O)c2ccc(C)c(C)c2)sc2cc(NC(C)=O)ccc21. The predicted molar refractivity (Wildman–Crippen MR) is 110 cm³/mol. The number of hydrogen-bond acceptors (Lipinski definition) is 3. The molecule has 0 spiro atoms. The van der Waals surface area contributed by atoms with Crippen molar-refractivity contribution < 1.29 is 9.59 Å². The van der Waals surface area contributed by atoms with Gasteiger partial charge in [-0.25, -0.2) is 0 Å². The van der Waals surface area contributed by atoms with Crippen molar-refractivity contribution >= 4 is 39.1 Å². The van der Waals surface area contributed by atoms with E-state index in [1.165, 1.54) is 18.3 Å². The minimum atomic E-state index is -0.274. The average Bonchev–Trinajstić information content (AvgIpc) is 2.93. The van der Waals surface area contributed by atoms with Crippen molar-refractivity contribution in [1.29, 1.82) is 0 Å². The summed E-state index contributed by atoms with van der Waals surface area (Å²) < 4.78 is 2.89. The van der Waals surface area contributed by atoms with Crippen molar-refractivity contribution in [2.24, 2.45) is 4.99 Å². The van der Waals surface area contributed by atoms with Gasteiger partial charge in [-0.05, 0) is 55.3 Å². The quantitative estimate of drug-likeness (QED) is 0.691. The van der Waals surface area contributed by atoms with Gasteiger partial charge in [0.2, 0.25) is 5.91 Å². The maximum Gasteiger partial charge on any atom is 0.279 e. The number of nitrogens with one attached hydrogen (secondary N) is 1. The lowest BCUT2D eigenvalue weighted by Crippen LogP contribution is -2.16. The van der Waals surface area contributed by atoms with Crippen molar-refractivity contribution in [2.45, 2.75) is 27.3 Å². The zero-order valence-corrected chi connectivity index (χ0v) is 16.4. The standard InChI is InChI=1S/C21H21N3O2S/c1-5-10-24-18-9-8-17(22-15(4)25)12-19(18)27-21(24)23-20(26)16-7-6-13(2)14(3)11-16/h5-9,11-12H,1,10H2,2-4H3,(H,22,25). The number of carbonyl (C=O) groups excluding carboxylic acids is 2. The summed E-state index contributed by atoms with van der Waals surface area (Å²) in [5.41, 5.74) is 4.43. The van der Waals surface area contributed by atoms with Gasteiger partial charge >= 0.3 is 0 Å². The molecule has 0 bridgehead atoms. The third-order valence-corrected chi connectivity index (χ3v) is 5.31. The molecule has 1 heterocycles. The van der Waals surface area contributed by atoms with Crippen LogP contribution in [0.5, 0.6) is 0 Å². The van der Waals surface area contributed by atoms with Gasteiger partial charge in [-0.1, -0.05) is 23.5 Å². The lowest BCUT2D eigenvalue weighted by atomic mass is 10.1. The van der Waals surface area contributed by atoms with Gasteiger partial charge in [0, 0.05) is 24.7 Å². The Morgan fingerprint density at radius 3 is 2.63 bits per heavy atom. The molecule has 0 unspecified atom stereocenters. The molecule has 2 aromatic carbocycles. The van der Waals surface area contributed by atoms with E-state index < -0.39 is 0 Å². The summed E-state index contributed by atoms with van der Waals surface area (Å²) in [5, 5.41) is 2.78. The van der Waals surface area contributed by atoms with E-state index in [-0.39, 0.29) is 11.8 Å². The third-order valence-electron chi connectivity index (χ3n) is 4.27. The Morgan fingerprint density at radius 2 is 1.96 bits per heavy atom. The minimum absolute atomic E-state index is 0.125. The van der Waals surface area contributed by atoms with Crippen LogP contribution >= 0.6 is 11.3 Å². The Labute approximate surface area is 161 Å². The maximum atomic E-state index is 12.7. The van der Waals surface area contributed by atoms with E-state index in [9.17, 15) is 9.59 Å². The first kappa shape index (κ1) is 18.8. The second-order valence-electron chi connectivity index (χ2n) is 6.36. The molecule has 1 aromatic heterocycles. The van der Waals surface area contributed by atoms with Gasteiger partial charge in [0.25, 0.3) is 5.91 Å². The molecule has 0 radical (unpaired) electrons. The Hall–Kier alpha value is -2.99. The topological polar surface area (TPSA) is 63.5 Å². The largest absolute Gasteiger partial charge is 0.326 e. The summed E-state index contributed by atoms with van der Waals surface area (Å²) in [7, 11) is 0. The molecular weight excluding hydrogens is 358 g/mol. The van der Waals surface area contributed by atoms with E-state index in [2.05, 4.69) is 16.9 Å². The predicted octanol–water partition coefficient (Wildman–Crippen LogP) is 4.21. The zero-order valence-electron chi connectivity index (χ0n) is 15.6. The van der Waals surface area contributed by atoms with E-state index in [1.54, 1.807) is 12.1 Å². The number of anilines is 1. The Balaban J connectivity index is 2.10. The van der Waals surface area contributed by atoms with Crippen LogP contribution < -0.4 is 10.1 Å². The highest BCUT2D eigenvalue weighted by Gasteiger charge is 2.10. The molecule has 138 valence electrons. The first-order valence-corrected chi connectivity index (χ1v) is 9.39. The number of carbonyl (C=O) groups is 2. The van der Waals surface area contributed by atoms with E-state index in [4.69, 9.17) is 0 Å². The molecule has 0 saturated heterocycles. The number of benzene rings is 2. The molecule has 0 aliphatic carbocycles. The van der Waals surface area contributed by atoms with E-state index in [0.29, 0.717) is 22.6 Å². The highest BCUT2D eigenvalue weighted by Crippen LogP contribution is 2.22. The summed E-state index contributed by atoms with van der Waals surface area (Å²) in [6, 6.07) is 11.2. The smallest absolute Gasteiger partial charge is 0.279 e. The monoisotopic (exact) mass is 379 g/mol. The summed E-state index contributed by atoms with van der Waals surface area (Å²) >= 11 is 1.41. The van der Waals surface area contributed by atoms with Gasteiger partial charge in [-0.2, -0.15) is 4.99 Å². The second-order valence-corrected chi connectivity index (χ2v) is 7.37. The molecule has 5 nitrogen and oxygen atoms in total. The van der Waals surface area contributed by atoms with Crippen LogP contribution in [0.1, 0.15) is 28.4 Å². The first-order valence-electron chi connectivity index (χ1n) is 8.57. The number of allylic oxidation sites excluding steroid dienone is 1. The van der Waals surface area contributed by atoms with Gasteiger partial charge in [0.05, 0.1) is 10.2 Å². The number of aromatic nitrogens is 1. The fourth-order valence-corrected chi connectivity index (χ4v) is 3.85. The maximum absolute atomic E-state index is 12.7. The summed E-state index contributed by atoms with van der Waals surface area (Å²) in [5.74, 6) is -0.399. The number of amides is 2. The highest BCUT2D eigenvalue weighted by molar-refractivity contribution is 7.16. The summed E-state index contributed by atoms with van der Waals surface area (Å²) in [4.78, 5) is 28.9. The number of hydrogen-bond donors (Lipinski definition) is 1. The molecule has 0 saturated carbocycles. The third kappa shape index (κ3) is 4.06. The number of nitrogens with zero attached hydrogens (tertiary/aromatic N) is 2.